The highest BCUT2D eigenvalue weighted by atomic mass is 35.5. The molecule has 0 radical (unpaired) electrons. The molecule has 0 saturated heterocycles. The summed E-state index contributed by atoms with van der Waals surface area (Å²) in [5.41, 5.74) is 7.55. The van der Waals surface area contributed by atoms with E-state index in [1.54, 1.807) is 40.0 Å². The lowest BCUT2D eigenvalue weighted by Gasteiger charge is -2.42. The second-order valence-corrected chi connectivity index (χ2v) is 10.5. The van der Waals surface area contributed by atoms with E-state index in [-0.39, 0.29) is 17.8 Å². The summed E-state index contributed by atoms with van der Waals surface area (Å²) in [6.07, 6.45) is 3.72. The number of rotatable bonds is 6. The minimum atomic E-state index is -0.858. The lowest BCUT2D eigenvalue weighted by Crippen LogP contribution is -2.45. The Morgan fingerprint density at radius 2 is 1.68 bits per heavy atom. The monoisotopic (exact) mass is 503 g/mol. The van der Waals surface area contributed by atoms with E-state index >= 15 is 0 Å². The zero-order valence-electron chi connectivity index (χ0n) is 20.0. The Morgan fingerprint density at radius 1 is 1.03 bits per heavy atom. The van der Waals surface area contributed by atoms with Crippen molar-refractivity contribution in [3.63, 3.8) is 0 Å². The summed E-state index contributed by atoms with van der Waals surface area (Å²) in [5, 5.41) is 1.15. The van der Waals surface area contributed by atoms with Crippen molar-refractivity contribution in [2.24, 2.45) is 17.6 Å². The van der Waals surface area contributed by atoms with E-state index in [0.717, 1.165) is 11.1 Å². The van der Waals surface area contributed by atoms with Gasteiger partial charge in [0.15, 0.2) is 0 Å². The van der Waals surface area contributed by atoms with Gasteiger partial charge in [-0.25, -0.2) is 4.79 Å². The number of allylic oxidation sites excluding steroid dienone is 2. The normalized spacial score (nSPS) is 23.3. The maximum Gasteiger partial charge on any atom is 0.375 e. The van der Waals surface area contributed by atoms with Crippen LogP contribution >= 0.6 is 23.2 Å². The van der Waals surface area contributed by atoms with Crippen LogP contribution < -0.4 is 10.5 Å². The number of ketones is 1. The van der Waals surface area contributed by atoms with E-state index in [1.807, 2.05) is 49.4 Å². The van der Waals surface area contributed by atoms with Crippen LogP contribution in [0.2, 0.25) is 10.0 Å². The Hall–Kier alpha value is -2.34. The highest BCUT2D eigenvalue weighted by molar-refractivity contribution is 6.35. The van der Waals surface area contributed by atoms with Crippen LogP contribution in [0, 0.1) is 11.8 Å². The van der Waals surface area contributed by atoms with Gasteiger partial charge in [0.25, 0.3) is 0 Å². The first-order chi connectivity index (χ1) is 15.9. The average molecular weight is 504 g/mol. The third-order valence-electron chi connectivity index (χ3n) is 6.07. The molecule has 7 heteroatoms. The van der Waals surface area contributed by atoms with Crippen LogP contribution in [0.4, 0.5) is 0 Å². The van der Waals surface area contributed by atoms with Crippen LogP contribution in [-0.2, 0) is 14.3 Å². The number of methoxy groups -OCH3 is 1. The summed E-state index contributed by atoms with van der Waals surface area (Å²) < 4.78 is 10.7. The molecule has 1 aliphatic rings. The molecule has 3 rings (SSSR count). The fourth-order valence-electron chi connectivity index (χ4n) is 4.65. The number of hydrogen-bond donors (Lipinski definition) is 1. The molecule has 0 aliphatic heterocycles. The van der Waals surface area contributed by atoms with Gasteiger partial charge >= 0.3 is 5.97 Å². The molecule has 0 spiro atoms. The summed E-state index contributed by atoms with van der Waals surface area (Å²) in [7, 11) is 1.58. The molecule has 0 aromatic heterocycles. The van der Waals surface area contributed by atoms with Crippen LogP contribution in [-0.4, -0.2) is 30.5 Å². The molecule has 0 amide bonds. The molecular formula is C27H31Cl2NO4. The Morgan fingerprint density at radius 3 is 2.21 bits per heavy atom. The first-order valence-electron chi connectivity index (χ1n) is 11.2. The van der Waals surface area contributed by atoms with E-state index < -0.39 is 29.3 Å². The van der Waals surface area contributed by atoms with E-state index in [2.05, 4.69) is 0 Å². The molecule has 182 valence electrons. The van der Waals surface area contributed by atoms with Gasteiger partial charge in [-0.3, -0.25) is 4.79 Å². The number of ether oxygens (including phenoxy) is 2. The third-order valence-corrected chi connectivity index (χ3v) is 6.65. The second-order valence-electron chi connectivity index (χ2n) is 9.70. The summed E-state index contributed by atoms with van der Waals surface area (Å²) in [4.78, 5) is 26.0. The Bertz CT molecular complexity index is 1070. The van der Waals surface area contributed by atoms with Crippen molar-refractivity contribution in [1.82, 2.24) is 0 Å². The van der Waals surface area contributed by atoms with Crippen molar-refractivity contribution >= 4 is 35.0 Å². The molecule has 0 saturated carbocycles. The van der Waals surface area contributed by atoms with Crippen molar-refractivity contribution in [1.29, 1.82) is 0 Å². The topological polar surface area (TPSA) is 78.6 Å². The maximum absolute atomic E-state index is 13.3. The Kier molecular flexibility index (Phi) is 8.12. The minimum absolute atomic E-state index is 0.182. The molecule has 0 heterocycles. The maximum atomic E-state index is 13.3. The molecule has 0 bridgehead atoms. The predicted octanol–water partition coefficient (Wildman–Crippen LogP) is 5.93. The standard InChI is InChI=1S/C27H31Cl2NO4/c1-15(30)23-21(25(31)26(32)34-27(2,3)4)13-12-20(19-11-10-18(33-5)14-22(19)29)24(23)16-6-8-17(28)9-7-16/h6-15,20-21,23-24H,30H2,1-5H3/t15-,20+,21+,23-,24+/m1/s1. The summed E-state index contributed by atoms with van der Waals surface area (Å²) in [5.74, 6) is -2.34. The molecule has 2 N–H and O–H groups in total. The number of carbonyl (C=O) groups is 2. The van der Waals surface area contributed by atoms with Gasteiger partial charge in [0, 0.05) is 22.0 Å². The van der Waals surface area contributed by atoms with Crippen LogP contribution in [0.5, 0.6) is 5.75 Å². The van der Waals surface area contributed by atoms with E-state index in [1.165, 1.54) is 0 Å². The fourth-order valence-corrected chi connectivity index (χ4v) is 5.07. The van der Waals surface area contributed by atoms with Gasteiger partial charge < -0.3 is 15.2 Å². The molecule has 1 aliphatic carbocycles. The number of nitrogens with two attached hydrogens (primary N) is 1. The van der Waals surface area contributed by atoms with Crippen molar-refractivity contribution in [2.45, 2.75) is 51.2 Å². The molecule has 34 heavy (non-hydrogen) atoms. The number of carbonyl (C=O) groups excluding carboxylic acids is 2. The zero-order valence-corrected chi connectivity index (χ0v) is 21.6. The van der Waals surface area contributed by atoms with E-state index in [4.69, 9.17) is 38.4 Å². The Balaban J connectivity index is 2.13. The van der Waals surface area contributed by atoms with Crippen LogP contribution in [0.1, 0.15) is 50.7 Å². The number of benzene rings is 2. The minimum Gasteiger partial charge on any atom is -0.497 e. The SMILES string of the molecule is COc1ccc([C@@H]2C=C[C@H](C(=O)C(=O)OC(C)(C)C)[C@@H]([C@@H](C)N)[C@H]2c2ccc(Cl)cc2)c(Cl)c1. The fraction of sp³-hybridized carbons (Fsp3) is 0.407. The van der Waals surface area contributed by atoms with Gasteiger partial charge in [-0.1, -0.05) is 53.6 Å². The third kappa shape index (κ3) is 5.83. The quantitative estimate of drug-likeness (QED) is 0.300. The predicted molar refractivity (Wildman–Crippen MR) is 136 cm³/mol. The zero-order chi connectivity index (χ0) is 25.2. The molecule has 0 fully saturated rings. The summed E-state index contributed by atoms with van der Waals surface area (Å²) in [6.45, 7) is 7.05. The molecule has 0 unspecified atom stereocenters. The number of Topliss-reactive ketones (excluding diaryl/α,β-unsaturated/α-hetero) is 1. The molecule has 5 nitrogen and oxygen atoms in total. The van der Waals surface area contributed by atoms with Gasteiger partial charge in [-0.05, 0) is 74.9 Å². The van der Waals surface area contributed by atoms with Crippen LogP contribution in [0.25, 0.3) is 0 Å². The molecular weight excluding hydrogens is 473 g/mol. The second kappa shape index (κ2) is 10.5. The number of halogens is 2. The first-order valence-corrected chi connectivity index (χ1v) is 12.0. The van der Waals surface area contributed by atoms with Gasteiger partial charge in [-0.15, -0.1) is 0 Å². The van der Waals surface area contributed by atoms with E-state index in [9.17, 15) is 9.59 Å². The smallest absolute Gasteiger partial charge is 0.375 e. The van der Waals surface area contributed by atoms with Gasteiger partial charge in [-0.2, -0.15) is 0 Å². The van der Waals surface area contributed by atoms with Crippen molar-refractivity contribution in [3.8, 4) is 5.75 Å². The average Bonchev–Trinajstić information content (AvgIpc) is 2.77. The highest BCUT2D eigenvalue weighted by Gasteiger charge is 2.45. The number of hydrogen-bond acceptors (Lipinski definition) is 5. The van der Waals surface area contributed by atoms with Crippen LogP contribution in [0.15, 0.2) is 54.6 Å². The van der Waals surface area contributed by atoms with Crippen molar-refractivity contribution in [3.05, 3.63) is 75.8 Å². The molecule has 2 aromatic carbocycles. The van der Waals surface area contributed by atoms with Crippen molar-refractivity contribution < 1.29 is 19.1 Å². The van der Waals surface area contributed by atoms with E-state index in [0.29, 0.717) is 15.8 Å². The van der Waals surface area contributed by atoms with Gasteiger partial charge in [0.05, 0.1) is 13.0 Å². The number of esters is 1. The van der Waals surface area contributed by atoms with Crippen LogP contribution in [0.3, 0.4) is 0 Å². The summed E-state index contributed by atoms with van der Waals surface area (Å²) >= 11 is 12.8. The first kappa shape index (κ1) is 26.3. The van der Waals surface area contributed by atoms with Gasteiger partial charge in [0.1, 0.15) is 11.4 Å². The van der Waals surface area contributed by atoms with Gasteiger partial charge in [0.2, 0.25) is 5.78 Å². The lowest BCUT2D eigenvalue weighted by atomic mass is 9.62. The Labute approximate surface area is 211 Å². The summed E-state index contributed by atoms with van der Waals surface area (Å²) in [6, 6.07) is 12.6. The lowest BCUT2D eigenvalue weighted by molar-refractivity contribution is -0.164. The highest BCUT2D eigenvalue weighted by Crippen LogP contribution is 2.49. The molecule has 2 aromatic rings. The largest absolute Gasteiger partial charge is 0.497 e. The molecule has 5 atom stereocenters. The van der Waals surface area contributed by atoms with Crippen molar-refractivity contribution in [2.75, 3.05) is 7.11 Å².